The van der Waals surface area contributed by atoms with Gasteiger partial charge in [0.05, 0.1) is 16.4 Å². The summed E-state index contributed by atoms with van der Waals surface area (Å²) in [5.41, 5.74) is 1.43. The molecule has 0 N–H and O–H groups in total. The van der Waals surface area contributed by atoms with Crippen molar-refractivity contribution in [3.05, 3.63) is 29.3 Å². The Labute approximate surface area is 121 Å². The number of nitriles is 1. The zero-order chi connectivity index (χ0) is 15.0. The molecule has 20 heavy (non-hydrogen) atoms. The molecule has 108 valence electrons. The van der Waals surface area contributed by atoms with E-state index < -0.39 is 15.4 Å². The number of nitrogens with zero attached hydrogens (tertiary/aromatic N) is 2. The van der Waals surface area contributed by atoms with Crippen molar-refractivity contribution in [1.82, 2.24) is 4.31 Å². The lowest BCUT2D eigenvalue weighted by molar-refractivity contribution is 0.232. The van der Waals surface area contributed by atoms with E-state index in [9.17, 15) is 8.42 Å². The second-order valence-electron chi connectivity index (χ2n) is 5.85. The molecule has 0 amide bonds. The number of benzene rings is 1. The molecule has 1 fully saturated rings. The number of sulfonamides is 1. The predicted molar refractivity (Wildman–Crippen MR) is 77.6 cm³/mol. The van der Waals surface area contributed by atoms with Crippen LogP contribution in [0.4, 0.5) is 0 Å². The summed E-state index contributed by atoms with van der Waals surface area (Å²) in [6.07, 6.45) is 1.18. The third kappa shape index (κ3) is 2.72. The Bertz CT molecular complexity index is 651. The van der Waals surface area contributed by atoms with E-state index in [1.165, 1.54) is 4.31 Å². The highest BCUT2D eigenvalue weighted by atomic mass is 32.2. The van der Waals surface area contributed by atoms with Gasteiger partial charge in [0.2, 0.25) is 10.0 Å². The number of hydrogen-bond acceptors (Lipinski definition) is 3. The van der Waals surface area contributed by atoms with Crippen LogP contribution in [0.25, 0.3) is 0 Å². The minimum atomic E-state index is -3.44. The number of rotatable bonds is 2. The van der Waals surface area contributed by atoms with E-state index in [4.69, 9.17) is 5.26 Å². The van der Waals surface area contributed by atoms with Crippen LogP contribution in [0.1, 0.15) is 30.9 Å². The summed E-state index contributed by atoms with van der Waals surface area (Å²) in [4.78, 5) is 0.378. The van der Waals surface area contributed by atoms with E-state index in [1.807, 2.05) is 32.9 Å². The lowest BCUT2D eigenvalue weighted by Gasteiger charge is -2.34. The molecular weight excluding hydrogens is 272 g/mol. The summed E-state index contributed by atoms with van der Waals surface area (Å²) >= 11 is 0. The monoisotopic (exact) mass is 292 g/mol. The van der Waals surface area contributed by atoms with Gasteiger partial charge < -0.3 is 0 Å². The van der Waals surface area contributed by atoms with Crippen molar-refractivity contribution >= 4 is 10.0 Å². The Hall–Kier alpha value is -1.38. The van der Waals surface area contributed by atoms with Crippen LogP contribution < -0.4 is 0 Å². The van der Waals surface area contributed by atoms with Crippen molar-refractivity contribution in [1.29, 1.82) is 5.26 Å². The first kappa shape index (κ1) is 15.0. The second kappa shape index (κ2) is 5.19. The van der Waals surface area contributed by atoms with Gasteiger partial charge in [0.15, 0.2) is 0 Å². The lowest BCUT2D eigenvalue weighted by Crippen LogP contribution is -2.41. The molecule has 1 saturated heterocycles. The Morgan fingerprint density at radius 3 is 2.35 bits per heavy atom. The van der Waals surface area contributed by atoms with Crippen LogP contribution in [0.15, 0.2) is 23.1 Å². The van der Waals surface area contributed by atoms with Crippen molar-refractivity contribution in [3.63, 3.8) is 0 Å². The molecule has 1 aromatic carbocycles. The molecule has 0 radical (unpaired) electrons. The maximum atomic E-state index is 12.7. The van der Waals surface area contributed by atoms with Crippen LogP contribution in [0.5, 0.6) is 0 Å². The lowest BCUT2D eigenvalue weighted by atomic mass is 9.83. The van der Waals surface area contributed by atoms with Crippen molar-refractivity contribution in [2.24, 2.45) is 5.41 Å². The van der Waals surface area contributed by atoms with Gasteiger partial charge in [-0.3, -0.25) is 0 Å². The van der Waals surface area contributed by atoms with Gasteiger partial charge in [0, 0.05) is 13.1 Å². The molecular formula is C15H20N2O2S. The molecule has 5 heteroatoms. The molecule has 0 spiro atoms. The van der Waals surface area contributed by atoms with Gasteiger partial charge in [-0.05, 0) is 45.2 Å². The SMILES string of the molecule is Cc1ccc(S(=O)(=O)N2CCC(C)(C#N)CC2)c(C)c1. The van der Waals surface area contributed by atoms with E-state index >= 15 is 0 Å². The van der Waals surface area contributed by atoms with Gasteiger partial charge in [-0.1, -0.05) is 17.7 Å². The summed E-state index contributed by atoms with van der Waals surface area (Å²) in [6, 6.07) is 7.68. The molecule has 0 unspecified atom stereocenters. The van der Waals surface area contributed by atoms with Crippen molar-refractivity contribution in [2.45, 2.75) is 38.5 Å². The molecule has 1 aliphatic rings. The Morgan fingerprint density at radius 1 is 1.25 bits per heavy atom. The average molecular weight is 292 g/mol. The molecule has 4 nitrogen and oxygen atoms in total. The molecule has 0 bridgehead atoms. The van der Waals surface area contributed by atoms with Crippen LogP contribution >= 0.6 is 0 Å². The van der Waals surface area contributed by atoms with Crippen LogP contribution in [0.3, 0.4) is 0 Å². The molecule has 0 atom stereocenters. The molecule has 2 rings (SSSR count). The van der Waals surface area contributed by atoms with E-state index in [0.717, 1.165) is 11.1 Å². The number of hydrogen-bond donors (Lipinski definition) is 0. The molecule has 1 aromatic rings. The van der Waals surface area contributed by atoms with Crippen LogP contribution in [-0.2, 0) is 10.0 Å². The first-order valence-electron chi connectivity index (χ1n) is 6.77. The summed E-state index contributed by atoms with van der Waals surface area (Å²) in [6.45, 7) is 6.50. The molecule has 1 aliphatic heterocycles. The van der Waals surface area contributed by atoms with Gasteiger partial charge in [0.1, 0.15) is 0 Å². The van der Waals surface area contributed by atoms with Gasteiger partial charge in [-0.25, -0.2) is 8.42 Å². The van der Waals surface area contributed by atoms with E-state index in [-0.39, 0.29) is 0 Å². The standard InChI is InChI=1S/C15H20N2O2S/c1-12-4-5-14(13(2)10-12)20(18,19)17-8-6-15(3,11-16)7-9-17/h4-5,10H,6-9H2,1-3H3. The third-order valence-corrected chi connectivity index (χ3v) is 6.10. The van der Waals surface area contributed by atoms with E-state index in [2.05, 4.69) is 6.07 Å². The van der Waals surface area contributed by atoms with Crippen molar-refractivity contribution in [2.75, 3.05) is 13.1 Å². The molecule has 1 heterocycles. The summed E-state index contributed by atoms with van der Waals surface area (Å²) in [7, 11) is -3.44. The maximum Gasteiger partial charge on any atom is 0.243 e. The summed E-state index contributed by atoms with van der Waals surface area (Å²) in [5.74, 6) is 0. The van der Waals surface area contributed by atoms with Gasteiger partial charge >= 0.3 is 0 Å². The average Bonchev–Trinajstić information content (AvgIpc) is 2.39. The van der Waals surface area contributed by atoms with Crippen LogP contribution in [-0.4, -0.2) is 25.8 Å². The fraction of sp³-hybridized carbons (Fsp3) is 0.533. The summed E-state index contributed by atoms with van der Waals surface area (Å²) in [5, 5.41) is 9.11. The minimum absolute atomic E-state index is 0.378. The number of aryl methyl sites for hydroxylation is 2. The zero-order valence-electron chi connectivity index (χ0n) is 12.2. The Kier molecular flexibility index (Phi) is 3.90. The van der Waals surface area contributed by atoms with Gasteiger partial charge in [-0.15, -0.1) is 0 Å². The maximum absolute atomic E-state index is 12.7. The molecule has 0 saturated carbocycles. The molecule has 0 aromatic heterocycles. The number of piperidine rings is 1. The summed E-state index contributed by atoms with van der Waals surface area (Å²) < 4.78 is 26.8. The topological polar surface area (TPSA) is 61.2 Å². The second-order valence-corrected chi connectivity index (χ2v) is 7.75. The van der Waals surface area contributed by atoms with E-state index in [0.29, 0.717) is 30.8 Å². The van der Waals surface area contributed by atoms with Gasteiger partial charge in [-0.2, -0.15) is 9.57 Å². The quantitative estimate of drug-likeness (QED) is 0.841. The first-order valence-corrected chi connectivity index (χ1v) is 8.21. The third-order valence-electron chi connectivity index (χ3n) is 4.04. The van der Waals surface area contributed by atoms with Crippen molar-refractivity contribution < 1.29 is 8.42 Å². The largest absolute Gasteiger partial charge is 0.243 e. The Balaban J connectivity index is 2.27. The van der Waals surface area contributed by atoms with E-state index in [1.54, 1.807) is 6.07 Å². The fourth-order valence-corrected chi connectivity index (χ4v) is 4.21. The first-order chi connectivity index (χ1) is 9.28. The fourth-order valence-electron chi connectivity index (χ4n) is 2.56. The zero-order valence-corrected chi connectivity index (χ0v) is 13.0. The highest BCUT2D eigenvalue weighted by Gasteiger charge is 2.35. The van der Waals surface area contributed by atoms with Crippen LogP contribution in [0.2, 0.25) is 0 Å². The van der Waals surface area contributed by atoms with Crippen molar-refractivity contribution in [3.8, 4) is 6.07 Å². The van der Waals surface area contributed by atoms with Crippen LogP contribution in [0, 0.1) is 30.6 Å². The predicted octanol–water partition coefficient (Wildman–Crippen LogP) is 2.62. The van der Waals surface area contributed by atoms with Gasteiger partial charge in [0.25, 0.3) is 0 Å². The normalized spacial score (nSPS) is 19.5. The highest BCUT2D eigenvalue weighted by Crippen LogP contribution is 2.33. The smallest absolute Gasteiger partial charge is 0.207 e. The minimum Gasteiger partial charge on any atom is -0.207 e. The highest BCUT2D eigenvalue weighted by molar-refractivity contribution is 7.89. The Morgan fingerprint density at radius 2 is 1.85 bits per heavy atom. The molecule has 0 aliphatic carbocycles.